The van der Waals surface area contributed by atoms with Crippen LogP contribution in [0.5, 0.6) is 0 Å². The summed E-state index contributed by atoms with van der Waals surface area (Å²) in [5.74, 6) is 0.757. The molecule has 0 N–H and O–H groups in total. The maximum absolute atomic E-state index is 11.0. The maximum atomic E-state index is 11.0. The predicted molar refractivity (Wildman–Crippen MR) is 83.4 cm³/mol. The highest BCUT2D eigenvalue weighted by atomic mass is 35.5. The fourth-order valence-corrected chi connectivity index (χ4v) is 2.41. The Morgan fingerprint density at radius 1 is 1.36 bits per heavy atom. The van der Waals surface area contributed by atoms with E-state index in [-0.39, 0.29) is 11.4 Å². The topological polar surface area (TPSA) is 78.0 Å². The van der Waals surface area contributed by atoms with E-state index in [0.717, 1.165) is 30.7 Å². The Morgan fingerprint density at radius 3 is 2.59 bits per heavy atom. The average molecular weight is 322 g/mol. The molecule has 2 aromatic rings. The zero-order chi connectivity index (χ0) is 16.1. The lowest BCUT2D eigenvalue weighted by Crippen LogP contribution is -2.05. The van der Waals surface area contributed by atoms with Gasteiger partial charge < -0.3 is 4.57 Å². The lowest BCUT2D eigenvalue weighted by atomic mass is 10.2. The second-order valence-electron chi connectivity index (χ2n) is 4.94. The Bertz CT molecular complexity index is 680. The molecule has 0 spiro atoms. The number of halogens is 1. The van der Waals surface area contributed by atoms with E-state index < -0.39 is 4.92 Å². The van der Waals surface area contributed by atoms with Crippen molar-refractivity contribution in [3.63, 3.8) is 0 Å². The van der Waals surface area contributed by atoms with Crippen molar-refractivity contribution >= 4 is 23.6 Å². The Morgan fingerprint density at radius 2 is 2.05 bits per heavy atom. The number of rotatable bonds is 7. The van der Waals surface area contributed by atoms with Gasteiger partial charge in [0.2, 0.25) is 0 Å². The summed E-state index contributed by atoms with van der Waals surface area (Å²) in [6, 6.07) is 6.26. The van der Waals surface area contributed by atoms with E-state index in [1.54, 1.807) is 16.7 Å². The van der Waals surface area contributed by atoms with Crippen LogP contribution in [-0.2, 0) is 13.0 Å². The highest BCUT2D eigenvalue weighted by molar-refractivity contribution is 6.31. The summed E-state index contributed by atoms with van der Waals surface area (Å²) in [6.45, 7) is 2.50. The molecule has 0 aliphatic heterocycles. The minimum absolute atomic E-state index is 0.0419. The molecule has 116 valence electrons. The number of hydrogen-bond donors (Lipinski definition) is 0. The molecule has 1 aromatic carbocycles. The molecule has 0 fully saturated rings. The van der Waals surface area contributed by atoms with Gasteiger partial charge in [0.15, 0.2) is 6.29 Å². The Labute approximate surface area is 132 Å². The van der Waals surface area contributed by atoms with E-state index in [1.165, 1.54) is 12.1 Å². The molecule has 6 nitrogen and oxygen atoms in total. The Balaban J connectivity index is 2.28. The summed E-state index contributed by atoms with van der Waals surface area (Å²) in [7, 11) is 0. The van der Waals surface area contributed by atoms with Crippen LogP contribution in [0.15, 0.2) is 24.3 Å². The van der Waals surface area contributed by atoms with Crippen LogP contribution in [0.2, 0.25) is 5.15 Å². The van der Waals surface area contributed by atoms with Gasteiger partial charge in [0.1, 0.15) is 16.7 Å². The first-order valence-corrected chi connectivity index (χ1v) is 7.38. The van der Waals surface area contributed by atoms with E-state index in [2.05, 4.69) is 11.9 Å². The van der Waals surface area contributed by atoms with Crippen LogP contribution in [0, 0.1) is 10.1 Å². The van der Waals surface area contributed by atoms with Crippen LogP contribution in [0.25, 0.3) is 0 Å². The van der Waals surface area contributed by atoms with Crippen LogP contribution in [0.3, 0.4) is 0 Å². The molecule has 0 aliphatic carbocycles. The third-order valence-electron chi connectivity index (χ3n) is 3.36. The third-order valence-corrected chi connectivity index (χ3v) is 3.76. The molecule has 1 heterocycles. The van der Waals surface area contributed by atoms with Crippen molar-refractivity contribution in [1.29, 1.82) is 0 Å². The Kier molecular flexibility index (Phi) is 5.27. The molecule has 0 saturated carbocycles. The number of aldehydes is 1. The first kappa shape index (κ1) is 16.2. The Hall–Kier alpha value is -2.21. The van der Waals surface area contributed by atoms with Gasteiger partial charge in [0, 0.05) is 18.6 Å². The smallest absolute Gasteiger partial charge is 0.269 e. The summed E-state index contributed by atoms with van der Waals surface area (Å²) in [5.41, 5.74) is 1.13. The number of hydrogen-bond acceptors (Lipinski definition) is 4. The number of nitro groups is 1. The standard InChI is InChI=1S/C15H16ClN3O3/c1-2-3-4-14-17-13(10-20)15(16)18(14)9-11-5-7-12(8-6-11)19(21)22/h5-8,10H,2-4,9H2,1H3. The van der Waals surface area contributed by atoms with Crippen molar-refractivity contribution in [2.24, 2.45) is 0 Å². The highest BCUT2D eigenvalue weighted by Crippen LogP contribution is 2.21. The third kappa shape index (κ3) is 3.51. The first-order chi connectivity index (χ1) is 10.6. The number of benzene rings is 1. The lowest BCUT2D eigenvalue weighted by Gasteiger charge is -2.09. The van der Waals surface area contributed by atoms with Crippen LogP contribution >= 0.6 is 11.6 Å². The number of unbranched alkanes of at least 4 members (excludes halogenated alkanes) is 1. The van der Waals surface area contributed by atoms with Crippen LogP contribution in [0.4, 0.5) is 5.69 Å². The molecule has 2 rings (SSSR count). The molecule has 22 heavy (non-hydrogen) atoms. The maximum Gasteiger partial charge on any atom is 0.269 e. The average Bonchev–Trinajstić information content (AvgIpc) is 2.82. The van der Waals surface area contributed by atoms with Crippen molar-refractivity contribution in [3.05, 3.63) is 56.6 Å². The number of nitro benzene ring substituents is 1. The number of carbonyl (C=O) groups is 1. The predicted octanol–water partition coefficient (Wildman–Crippen LogP) is 3.65. The van der Waals surface area contributed by atoms with Crippen molar-refractivity contribution in [2.75, 3.05) is 0 Å². The van der Waals surface area contributed by atoms with Gasteiger partial charge >= 0.3 is 0 Å². The normalized spacial score (nSPS) is 10.6. The van der Waals surface area contributed by atoms with Crippen molar-refractivity contribution in [1.82, 2.24) is 9.55 Å². The summed E-state index contributed by atoms with van der Waals surface area (Å²) in [5, 5.41) is 11.0. The van der Waals surface area contributed by atoms with Gasteiger partial charge in [-0.15, -0.1) is 0 Å². The van der Waals surface area contributed by atoms with E-state index >= 15 is 0 Å². The summed E-state index contributed by atoms with van der Waals surface area (Å²) < 4.78 is 1.78. The fourth-order valence-electron chi connectivity index (χ4n) is 2.16. The largest absolute Gasteiger partial charge is 0.314 e. The molecule has 7 heteroatoms. The molecular formula is C15H16ClN3O3. The van der Waals surface area contributed by atoms with Gasteiger partial charge in [-0.05, 0) is 12.0 Å². The second kappa shape index (κ2) is 7.17. The first-order valence-electron chi connectivity index (χ1n) is 7.00. The molecule has 0 saturated heterocycles. The molecule has 0 unspecified atom stereocenters. The molecule has 1 aromatic heterocycles. The van der Waals surface area contributed by atoms with Gasteiger partial charge in [-0.1, -0.05) is 37.1 Å². The van der Waals surface area contributed by atoms with E-state index in [4.69, 9.17) is 11.6 Å². The SMILES string of the molecule is CCCCc1nc(C=O)c(Cl)n1Cc1ccc([N+](=O)[O-])cc1. The number of aryl methyl sites for hydroxylation is 1. The van der Waals surface area contributed by atoms with E-state index in [9.17, 15) is 14.9 Å². The molecule has 0 bridgehead atoms. The summed E-state index contributed by atoms with van der Waals surface area (Å²) in [6.07, 6.45) is 3.34. The van der Waals surface area contributed by atoms with Gasteiger partial charge in [-0.2, -0.15) is 0 Å². The number of imidazole rings is 1. The van der Waals surface area contributed by atoms with Crippen LogP contribution in [-0.4, -0.2) is 20.8 Å². The number of non-ortho nitro benzene ring substituents is 1. The summed E-state index contributed by atoms with van der Waals surface area (Å²) >= 11 is 6.20. The van der Waals surface area contributed by atoms with Gasteiger partial charge in [-0.25, -0.2) is 4.98 Å². The van der Waals surface area contributed by atoms with E-state index in [1.807, 2.05) is 0 Å². The lowest BCUT2D eigenvalue weighted by molar-refractivity contribution is -0.384. The zero-order valence-electron chi connectivity index (χ0n) is 12.2. The molecule has 0 radical (unpaired) electrons. The van der Waals surface area contributed by atoms with Gasteiger partial charge in [-0.3, -0.25) is 14.9 Å². The highest BCUT2D eigenvalue weighted by Gasteiger charge is 2.15. The van der Waals surface area contributed by atoms with Crippen LogP contribution in [0.1, 0.15) is 41.6 Å². The number of carbonyl (C=O) groups excluding carboxylic acids is 1. The van der Waals surface area contributed by atoms with Gasteiger partial charge in [0.05, 0.1) is 11.5 Å². The quantitative estimate of drug-likeness (QED) is 0.443. The van der Waals surface area contributed by atoms with Crippen molar-refractivity contribution in [2.45, 2.75) is 32.7 Å². The zero-order valence-corrected chi connectivity index (χ0v) is 12.9. The van der Waals surface area contributed by atoms with Gasteiger partial charge in [0.25, 0.3) is 5.69 Å². The molecular weight excluding hydrogens is 306 g/mol. The molecule has 0 amide bonds. The number of aromatic nitrogens is 2. The monoisotopic (exact) mass is 321 g/mol. The summed E-state index contributed by atoms with van der Waals surface area (Å²) in [4.78, 5) is 25.5. The van der Waals surface area contributed by atoms with Crippen molar-refractivity contribution < 1.29 is 9.72 Å². The number of nitrogens with zero attached hydrogens (tertiary/aromatic N) is 3. The molecule has 0 atom stereocenters. The van der Waals surface area contributed by atoms with Crippen molar-refractivity contribution in [3.8, 4) is 0 Å². The fraction of sp³-hybridized carbons (Fsp3) is 0.333. The molecule has 0 aliphatic rings. The van der Waals surface area contributed by atoms with E-state index in [0.29, 0.717) is 18.0 Å². The minimum Gasteiger partial charge on any atom is -0.314 e. The van der Waals surface area contributed by atoms with Crippen LogP contribution < -0.4 is 0 Å². The minimum atomic E-state index is -0.439. The second-order valence-corrected chi connectivity index (χ2v) is 5.29.